The molecule has 2 aromatic carbocycles. The molecule has 2 rings (SSSR count). The SMILES string of the molecule is CCC(=O)c1ccc(OCC(=O)N(C)CC(=O)Nc2cccc(C)c2C)cc1. The van der Waals surface area contributed by atoms with Crippen LogP contribution in [-0.2, 0) is 9.59 Å². The lowest BCUT2D eigenvalue weighted by Gasteiger charge is -2.18. The van der Waals surface area contributed by atoms with Crippen molar-refractivity contribution >= 4 is 23.3 Å². The van der Waals surface area contributed by atoms with Gasteiger partial charge in [0.1, 0.15) is 5.75 Å². The minimum absolute atomic E-state index is 0.0530. The number of likely N-dealkylation sites (N-methyl/N-ethyl adjacent to an activating group) is 1. The number of nitrogens with zero attached hydrogens (tertiary/aromatic N) is 1. The lowest BCUT2D eigenvalue weighted by molar-refractivity contribution is -0.135. The zero-order valence-corrected chi connectivity index (χ0v) is 16.7. The summed E-state index contributed by atoms with van der Waals surface area (Å²) in [7, 11) is 1.55. The summed E-state index contributed by atoms with van der Waals surface area (Å²) in [5.74, 6) is -0.0386. The molecule has 0 saturated carbocycles. The van der Waals surface area contributed by atoms with E-state index in [4.69, 9.17) is 4.74 Å². The molecule has 0 saturated heterocycles. The Bertz CT molecular complexity index is 859. The van der Waals surface area contributed by atoms with Crippen LogP contribution >= 0.6 is 0 Å². The molecule has 0 aliphatic carbocycles. The van der Waals surface area contributed by atoms with Gasteiger partial charge in [-0.05, 0) is 55.3 Å². The first kappa shape index (κ1) is 21.2. The van der Waals surface area contributed by atoms with Crippen molar-refractivity contribution in [3.63, 3.8) is 0 Å². The van der Waals surface area contributed by atoms with Crippen LogP contribution < -0.4 is 10.1 Å². The Morgan fingerprint density at radius 2 is 1.71 bits per heavy atom. The minimum atomic E-state index is -0.315. The van der Waals surface area contributed by atoms with Gasteiger partial charge in [-0.1, -0.05) is 19.1 Å². The number of hydrogen-bond donors (Lipinski definition) is 1. The van der Waals surface area contributed by atoms with E-state index in [9.17, 15) is 14.4 Å². The number of Topliss-reactive ketones (excluding diaryl/α,β-unsaturated/α-hetero) is 1. The summed E-state index contributed by atoms with van der Waals surface area (Å²) in [6.07, 6.45) is 0.438. The number of anilines is 1. The molecule has 0 fully saturated rings. The van der Waals surface area contributed by atoms with Gasteiger partial charge in [-0.25, -0.2) is 0 Å². The number of ether oxygens (including phenoxy) is 1. The molecule has 0 radical (unpaired) electrons. The first-order chi connectivity index (χ1) is 13.3. The summed E-state index contributed by atoms with van der Waals surface area (Å²) < 4.78 is 5.46. The zero-order chi connectivity index (χ0) is 20.7. The second kappa shape index (κ2) is 9.69. The molecule has 0 aliphatic heterocycles. The highest BCUT2D eigenvalue weighted by molar-refractivity contribution is 5.96. The lowest BCUT2D eigenvalue weighted by Crippen LogP contribution is -2.37. The molecule has 0 heterocycles. The maximum Gasteiger partial charge on any atom is 0.260 e. The Morgan fingerprint density at radius 3 is 2.36 bits per heavy atom. The molecule has 1 N–H and O–H groups in total. The number of carbonyl (C=O) groups is 3. The molecular weight excluding hydrogens is 356 g/mol. The molecule has 0 aromatic heterocycles. The molecule has 2 aromatic rings. The fraction of sp³-hybridized carbons (Fsp3) is 0.318. The van der Waals surface area contributed by atoms with E-state index >= 15 is 0 Å². The number of carbonyl (C=O) groups excluding carboxylic acids is 3. The summed E-state index contributed by atoms with van der Waals surface area (Å²) in [6.45, 7) is 5.46. The number of nitrogens with one attached hydrogen (secondary N) is 1. The van der Waals surface area contributed by atoms with E-state index < -0.39 is 0 Å². The topological polar surface area (TPSA) is 75.7 Å². The highest BCUT2D eigenvalue weighted by atomic mass is 16.5. The summed E-state index contributed by atoms with van der Waals surface area (Å²) >= 11 is 0. The Hall–Kier alpha value is -3.15. The third-order valence-corrected chi connectivity index (χ3v) is 4.54. The van der Waals surface area contributed by atoms with Crippen LogP contribution in [0.1, 0.15) is 34.8 Å². The molecule has 6 nitrogen and oxygen atoms in total. The van der Waals surface area contributed by atoms with Gasteiger partial charge in [0.05, 0.1) is 6.54 Å². The average Bonchev–Trinajstić information content (AvgIpc) is 2.69. The summed E-state index contributed by atoms with van der Waals surface area (Å²) in [6, 6.07) is 12.3. The Balaban J connectivity index is 1.84. The van der Waals surface area contributed by atoms with Gasteiger partial charge in [0.2, 0.25) is 5.91 Å². The van der Waals surface area contributed by atoms with Crippen LogP contribution in [0.3, 0.4) is 0 Å². The van der Waals surface area contributed by atoms with E-state index in [1.807, 2.05) is 32.0 Å². The normalized spacial score (nSPS) is 10.3. The van der Waals surface area contributed by atoms with Crippen LogP contribution in [0.25, 0.3) is 0 Å². The Kier molecular flexibility index (Phi) is 7.32. The number of ketones is 1. The van der Waals surface area contributed by atoms with Gasteiger partial charge in [0.15, 0.2) is 12.4 Å². The first-order valence-corrected chi connectivity index (χ1v) is 9.18. The fourth-order valence-corrected chi connectivity index (χ4v) is 2.58. The quantitative estimate of drug-likeness (QED) is 0.710. The van der Waals surface area contributed by atoms with Crippen molar-refractivity contribution in [3.8, 4) is 5.75 Å². The maximum absolute atomic E-state index is 12.2. The average molecular weight is 382 g/mol. The molecule has 0 spiro atoms. The molecule has 6 heteroatoms. The Morgan fingerprint density at radius 1 is 1.04 bits per heavy atom. The number of rotatable bonds is 8. The molecule has 0 unspecified atom stereocenters. The van der Waals surface area contributed by atoms with Crippen molar-refractivity contribution < 1.29 is 19.1 Å². The second-order valence-electron chi connectivity index (χ2n) is 6.64. The van der Waals surface area contributed by atoms with Crippen molar-refractivity contribution in [2.75, 3.05) is 25.5 Å². The van der Waals surface area contributed by atoms with E-state index in [2.05, 4.69) is 5.32 Å². The number of benzene rings is 2. The predicted molar refractivity (Wildman–Crippen MR) is 109 cm³/mol. The van der Waals surface area contributed by atoms with Crippen molar-refractivity contribution in [2.24, 2.45) is 0 Å². The molecule has 0 atom stereocenters. The summed E-state index contributed by atoms with van der Waals surface area (Å²) in [5.41, 5.74) is 3.44. The van der Waals surface area contributed by atoms with E-state index in [-0.39, 0.29) is 30.7 Å². The van der Waals surface area contributed by atoms with Crippen LogP contribution in [0.5, 0.6) is 5.75 Å². The molecule has 2 amide bonds. The number of hydrogen-bond acceptors (Lipinski definition) is 4. The third-order valence-electron chi connectivity index (χ3n) is 4.54. The lowest BCUT2D eigenvalue weighted by atomic mass is 10.1. The second-order valence-corrected chi connectivity index (χ2v) is 6.64. The Labute approximate surface area is 165 Å². The van der Waals surface area contributed by atoms with Crippen LogP contribution in [0.4, 0.5) is 5.69 Å². The van der Waals surface area contributed by atoms with Gasteiger partial charge in [0, 0.05) is 24.7 Å². The number of amides is 2. The molecule has 0 bridgehead atoms. The van der Waals surface area contributed by atoms with Crippen LogP contribution in [-0.4, -0.2) is 42.7 Å². The fourth-order valence-electron chi connectivity index (χ4n) is 2.58. The van der Waals surface area contributed by atoms with Crippen LogP contribution in [0.15, 0.2) is 42.5 Å². The van der Waals surface area contributed by atoms with Gasteiger partial charge in [-0.2, -0.15) is 0 Å². The first-order valence-electron chi connectivity index (χ1n) is 9.18. The third kappa shape index (κ3) is 5.67. The molecule has 28 heavy (non-hydrogen) atoms. The van der Waals surface area contributed by atoms with Gasteiger partial charge in [-0.15, -0.1) is 0 Å². The monoisotopic (exact) mass is 382 g/mol. The van der Waals surface area contributed by atoms with E-state index in [1.165, 1.54) is 4.90 Å². The molecular formula is C22H26N2O4. The summed E-state index contributed by atoms with van der Waals surface area (Å²) in [5, 5.41) is 2.83. The predicted octanol–water partition coefficient (Wildman–Crippen LogP) is 3.37. The summed E-state index contributed by atoms with van der Waals surface area (Å²) in [4.78, 5) is 37.4. The van der Waals surface area contributed by atoms with Gasteiger partial charge < -0.3 is 15.0 Å². The van der Waals surface area contributed by atoms with Gasteiger partial charge in [-0.3, -0.25) is 14.4 Å². The van der Waals surface area contributed by atoms with Gasteiger partial charge >= 0.3 is 0 Å². The number of aryl methyl sites for hydroxylation is 1. The van der Waals surface area contributed by atoms with E-state index in [0.29, 0.717) is 17.7 Å². The van der Waals surface area contributed by atoms with Crippen molar-refractivity contribution in [3.05, 3.63) is 59.2 Å². The van der Waals surface area contributed by atoms with Crippen LogP contribution in [0, 0.1) is 13.8 Å². The minimum Gasteiger partial charge on any atom is -0.484 e. The highest BCUT2D eigenvalue weighted by Gasteiger charge is 2.15. The highest BCUT2D eigenvalue weighted by Crippen LogP contribution is 2.18. The van der Waals surface area contributed by atoms with E-state index in [1.54, 1.807) is 38.2 Å². The van der Waals surface area contributed by atoms with E-state index in [0.717, 1.165) is 16.8 Å². The largest absolute Gasteiger partial charge is 0.484 e. The smallest absolute Gasteiger partial charge is 0.260 e. The molecule has 0 aliphatic rings. The maximum atomic E-state index is 12.2. The van der Waals surface area contributed by atoms with Gasteiger partial charge in [0.25, 0.3) is 5.91 Å². The van der Waals surface area contributed by atoms with Crippen LogP contribution in [0.2, 0.25) is 0 Å². The van der Waals surface area contributed by atoms with Crippen molar-refractivity contribution in [1.82, 2.24) is 4.90 Å². The molecule has 148 valence electrons. The van der Waals surface area contributed by atoms with Crippen molar-refractivity contribution in [2.45, 2.75) is 27.2 Å². The standard InChI is InChI=1S/C22H26N2O4/c1-5-20(25)17-9-11-18(12-10-17)28-14-22(27)24(4)13-21(26)23-19-8-6-7-15(2)16(19)3/h6-12H,5,13-14H2,1-4H3,(H,23,26). The zero-order valence-electron chi connectivity index (χ0n) is 16.7. The van der Waals surface area contributed by atoms with Crippen molar-refractivity contribution in [1.29, 1.82) is 0 Å².